The average Bonchev–Trinajstić information content (AvgIpc) is 3.21. The van der Waals surface area contributed by atoms with Crippen LogP contribution in [0, 0.1) is 12.3 Å². The van der Waals surface area contributed by atoms with Crippen molar-refractivity contribution in [1.29, 1.82) is 0 Å². The van der Waals surface area contributed by atoms with Crippen LogP contribution in [-0.2, 0) is 6.54 Å². The zero-order valence-electron chi connectivity index (χ0n) is 16.0. The molecule has 1 aromatic carbocycles. The van der Waals surface area contributed by atoms with E-state index in [-0.39, 0.29) is 18.1 Å². The molecule has 3 aromatic rings. The number of likely N-dealkylation sites (tertiary alicyclic amines) is 1. The van der Waals surface area contributed by atoms with Gasteiger partial charge in [0.15, 0.2) is 0 Å². The van der Waals surface area contributed by atoms with Gasteiger partial charge in [-0.25, -0.2) is 4.98 Å². The summed E-state index contributed by atoms with van der Waals surface area (Å²) in [5, 5.41) is 0. The number of nitrogens with one attached hydrogen (secondary N) is 1. The number of terminal acetylenes is 1. The van der Waals surface area contributed by atoms with Crippen LogP contribution >= 0.6 is 0 Å². The Bertz CT molecular complexity index is 1070. The second-order valence-corrected chi connectivity index (χ2v) is 7.12. The van der Waals surface area contributed by atoms with Crippen molar-refractivity contribution in [3.05, 3.63) is 76.6 Å². The molecule has 0 radical (unpaired) electrons. The first-order valence-electron chi connectivity index (χ1n) is 9.60. The Labute approximate surface area is 169 Å². The summed E-state index contributed by atoms with van der Waals surface area (Å²) in [6, 6.07) is 13.3. The Morgan fingerprint density at radius 3 is 3.03 bits per heavy atom. The van der Waals surface area contributed by atoms with E-state index in [4.69, 9.17) is 16.1 Å². The monoisotopic (exact) mass is 386 g/mol. The predicted octanol–water partition coefficient (Wildman–Crippen LogP) is 2.83. The Kier molecular flexibility index (Phi) is 5.68. The predicted molar refractivity (Wildman–Crippen MR) is 111 cm³/mol. The minimum Gasteiger partial charge on any atom is -0.481 e. The summed E-state index contributed by atoms with van der Waals surface area (Å²) in [7, 11) is 0. The van der Waals surface area contributed by atoms with E-state index in [1.54, 1.807) is 12.4 Å². The van der Waals surface area contributed by atoms with E-state index in [1.807, 2.05) is 30.3 Å². The van der Waals surface area contributed by atoms with E-state index in [0.717, 1.165) is 43.2 Å². The van der Waals surface area contributed by atoms with Crippen LogP contribution in [0.3, 0.4) is 0 Å². The number of aromatic nitrogens is 3. The minimum atomic E-state index is -0.134. The van der Waals surface area contributed by atoms with Crippen LogP contribution in [0.1, 0.15) is 23.7 Å². The Morgan fingerprint density at radius 1 is 1.28 bits per heavy atom. The van der Waals surface area contributed by atoms with Gasteiger partial charge in [0.1, 0.15) is 18.2 Å². The molecule has 0 bridgehead atoms. The third kappa shape index (κ3) is 4.71. The first-order valence-corrected chi connectivity index (χ1v) is 9.60. The quantitative estimate of drug-likeness (QED) is 0.660. The van der Waals surface area contributed by atoms with E-state index in [1.165, 1.54) is 11.6 Å². The van der Waals surface area contributed by atoms with E-state index in [2.05, 4.69) is 26.9 Å². The summed E-state index contributed by atoms with van der Waals surface area (Å²) < 4.78 is 5.51. The van der Waals surface area contributed by atoms with E-state index < -0.39 is 0 Å². The third-order valence-corrected chi connectivity index (χ3v) is 5.00. The number of rotatable bonds is 6. The molecule has 6 heteroatoms. The SMILES string of the molecule is C#CCOc1cccc(CN2CC[C@@H](c3nc(-c4cccnc4)cc(=O)[nH]3)C2)c1. The van der Waals surface area contributed by atoms with Crippen molar-refractivity contribution in [3.8, 4) is 29.4 Å². The molecule has 6 nitrogen and oxygen atoms in total. The van der Waals surface area contributed by atoms with Crippen molar-refractivity contribution in [2.75, 3.05) is 19.7 Å². The van der Waals surface area contributed by atoms with Gasteiger partial charge >= 0.3 is 0 Å². The molecule has 1 aliphatic heterocycles. The van der Waals surface area contributed by atoms with Crippen LogP contribution in [0.2, 0.25) is 0 Å². The van der Waals surface area contributed by atoms with Gasteiger partial charge < -0.3 is 9.72 Å². The summed E-state index contributed by atoms with van der Waals surface area (Å²) in [5.74, 6) is 4.20. The number of H-pyrrole nitrogens is 1. The van der Waals surface area contributed by atoms with Gasteiger partial charge in [0, 0.05) is 43.0 Å². The molecular weight excluding hydrogens is 364 g/mol. The van der Waals surface area contributed by atoms with Crippen LogP contribution in [0.25, 0.3) is 11.3 Å². The molecule has 1 N–H and O–H groups in total. The topological polar surface area (TPSA) is 71.1 Å². The van der Waals surface area contributed by atoms with Gasteiger partial charge in [-0.2, -0.15) is 0 Å². The molecule has 3 heterocycles. The second kappa shape index (κ2) is 8.72. The maximum atomic E-state index is 12.2. The van der Waals surface area contributed by atoms with E-state index in [9.17, 15) is 4.79 Å². The lowest BCUT2D eigenvalue weighted by Crippen LogP contribution is -2.21. The molecule has 1 aliphatic rings. The maximum absolute atomic E-state index is 12.2. The van der Waals surface area contributed by atoms with Crippen LogP contribution in [0.15, 0.2) is 59.7 Å². The fraction of sp³-hybridized carbons (Fsp3) is 0.261. The summed E-state index contributed by atoms with van der Waals surface area (Å²) in [6.45, 7) is 2.87. The van der Waals surface area contributed by atoms with E-state index >= 15 is 0 Å². The van der Waals surface area contributed by atoms with Gasteiger partial charge in [-0.3, -0.25) is 14.7 Å². The van der Waals surface area contributed by atoms with Crippen LogP contribution in [-0.4, -0.2) is 39.5 Å². The third-order valence-electron chi connectivity index (χ3n) is 5.00. The molecule has 1 saturated heterocycles. The van der Waals surface area contributed by atoms with E-state index in [0.29, 0.717) is 5.69 Å². The molecule has 2 aromatic heterocycles. The van der Waals surface area contributed by atoms with Gasteiger partial charge in [0.05, 0.1) is 5.69 Å². The van der Waals surface area contributed by atoms with Gasteiger partial charge in [-0.05, 0) is 42.8 Å². The lowest BCUT2D eigenvalue weighted by atomic mass is 10.1. The lowest BCUT2D eigenvalue weighted by molar-refractivity contribution is 0.323. The highest BCUT2D eigenvalue weighted by molar-refractivity contribution is 5.56. The average molecular weight is 386 g/mol. The fourth-order valence-corrected chi connectivity index (χ4v) is 3.65. The summed E-state index contributed by atoms with van der Waals surface area (Å²) in [5.41, 5.74) is 2.54. The molecular formula is C23H22N4O2. The smallest absolute Gasteiger partial charge is 0.251 e. The van der Waals surface area contributed by atoms with Crippen molar-refractivity contribution in [3.63, 3.8) is 0 Å². The number of aromatic amines is 1. The van der Waals surface area contributed by atoms with Gasteiger partial charge in [-0.1, -0.05) is 18.1 Å². The zero-order chi connectivity index (χ0) is 20.1. The van der Waals surface area contributed by atoms with Crippen molar-refractivity contribution in [1.82, 2.24) is 19.9 Å². The molecule has 29 heavy (non-hydrogen) atoms. The van der Waals surface area contributed by atoms with Crippen molar-refractivity contribution >= 4 is 0 Å². The molecule has 1 fully saturated rings. The number of hydrogen-bond donors (Lipinski definition) is 1. The number of benzene rings is 1. The lowest BCUT2D eigenvalue weighted by Gasteiger charge is -2.16. The molecule has 0 aliphatic carbocycles. The molecule has 146 valence electrons. The van der Waals surface area contributed by atoms with Crippen LogP contribution in [0.4, 0.5) is 0 Å². The van der Waals surface area contributed by atoms with Crippen molar-refractivity contribution < 1.29 is 4.74 Å². The van der Waals surface area contributed by atoms with Gasteiger partial charge in [0.25, 0.3) is 5.56 Å². The summed E-state index contributed by atoms with van der Waals surface area (Å²) in [4.78, 5) is 26.3. The zero-order valence-corrected chi connectivity index (χ0v) is 16.0. The Balaban J connectivity index is 1.46. The standard InChI is InChI=1S/C23H22N4O2/c1-2-11-29-20-7-3-5-17(12-20)15-27-10-8-19(16-27)23-25-21(13-22(28)26-23)18-6-4-9-24-14-18/h1,3-7,9,12-14,19H,8,10-11,15-16H2,(H,25,26,28)/t19-/m1/s1. The first-order chi connectivity index (χ1) is 14.2. The molecule has 0 spiro atoms. The molecule has 1 atom stereocenters. The van der Waals surface area contributed by atoms with Gasteiger partial charge in [-0.15, -0.1) is 6.42 Å². The minimum absolute atomic E-state index is 0.134. The molecule has 0 saturated carbocycles. The number of nitrogens with zero attached hydrogens (tertiary/aromatic N) is 3. The normalized spacial score (nSPS) is 16.4. The highest BCUT2D eigenvalue weighted by Crippen LogP contribution is 2.27. The molecule has 4 rings (SSSR count). The fourth-order valence-electron chi connectivity index (χ4n) is 3.65. The molecule has 0 amide bonds. The van der Waals surface area contributed by atoms with Crippen LogP contribution in [0.5, 0.6) is 5.75 Å². The Morgan fingerprint density at radius 2 is 2.21 bits per heavy atom. The van der Waals surface area contributed by atoms with Crippen LogP contribution < -0.4 is 10.3 Å². The second-order valence-electron chi connectivity index (χ2n) is 7.12. The number of hydrogen-bond acceptors (Lipinski definition) is 5. The largest absolute Gasteiger partial charge is 0.481 e. The highest BCUT2D eigenvalue weighted by Gasteiger charge is 2.26. The highest BCUT2D eigenvalue weighted by atomic mass is 16.5. The van der Waals surface area contributed by atoms with Crippen molar-refractivity contribution in [2.45, 2.75) is 18.9 Å². The number of pyridine rings is 1. The molecule has 0 unspecified atom stereocenters. The first kappa shape index (κ1) is 18.9. The maximum Gasteiger partial charge on any atom is 0.251 e. The number of ether oxygens (including phenoxy) is 1. The summed E-state index contributed by atoms with van der Waals surface area (Å²) >= 11 is 0. The van der Waals surface area contributed by atoms with Crippen molar-refractivity contribution in [2.24, 2.45) is 0 Å². The Hall–Kier alpha value is -3.43. The van der Waals surface area contributed by atoms with Gasteiger partial charge in [0.2, 0.25) is 0 Å². The summed E-state index contributed by atoms with van der Waals surface area (Å²) in [6.07, 6.45) is 9.64.